The highest BCUT2D eigenvalue weighted by molar-refractivity contribution is 9.11. The lowest BCUT2D eigenvalue weighted by Gasteiger charge is -2.14. The Morgan fingerprint density at radius 1 is 1.07 bits per heavy atom. The molecule has 6 nitrogen and oxygen atoms in total. The molecule has 0 atom stereocenters. The molecule has 0 aliphatic heterocycles. The second-order valence-corrected chi connectivity index (χ2v) is 8.30. The average Bonchev–Trinajstić information content (AvgIpc) is 2.63. The van der Waals surface area contributed by atoms with Gasteiger partial charge in [-0.3, -0.25) is 20.4 Å². The highest BCUT2D eigenvalue weighted by Gasteiger charge is 2.14. The van der Waals surface area contributed by atoms with Crippen LogP contribution in [-0.4, -0.2) is 25.0 Å². The van der Waals surface area contributed by atoms with Crippen molar-refractivity contribution in [2.24, 2.45) is 5.92 Å². The van der Waals surface area contributed by atoms with Crippen LogP contribution in [0.25, 0.3) is 0 Å². The molecule has 0 unspecified atom stereocenters. The molecular weight excluding hydrogens is 492 g/mol. The minimum absolute atomic E-state index is 0.243. The van der Waals surface area contributed by atoms with Crippen molar-refractivity contribution >= 4 is 43.7 Å². The fourth-order valence-electron chi connectivity index (χ4n) is 2.28. The van der Waals surface area contributed by atoms with E-state index in [1.807, 2.05) is 32.9 Å². The summed E-state index contributed by atoms with van der Waals surface area (Å²) in [5.41, 5.74) is 5.95. The van der Waals surface area contributed by atoms with Crippen LogP contribution in [0.15, 0.2) is 45.3 Å². The van der Waals surface area contributed by atoms with Crippen LogP contribution in [-0.2, 0) is 4.79 Å². The van der Waals surface area contributed by atoms with Crippen molar-refractivity contribution in [2.45, 2.75) is 20.8 Å². The van der Waals surface area contributed by atoms with E-state index in [-0.39, 0.29) is 6.61 Å². The number of amides is 2. The predicted octanol–water partition coefficient (Wildman–Crippen LogP) is 4.39. The van der Waals surface area contributed by atoms with Crippen LogP contribution in [0.5, 0.6) is 11.5 Å². The topological polar surface area (TPSA) is 76.7 Å². The van der Waals surface area contributed by atoms with Gasteiger partial charge in [0.05, 0.1) is 16.6 Å². The smallest absolute Gasteiger partial charge is 0.276 e. The van der Waals surface area contributed by atoms with Crippen molar-refractivity contribution in [1.82, 2.24) is 10.9 Å². The lowest BCUT2D eigenvalue weighted by Crippen LogP contribution is -2.44. The van der Waals surface area contributed by atoms with Gasteiger partial charge in [0.1, 0.15) is 11.5 Å². The van der Waals surface area contributed by atoms with E-state index < -0.39 is 11.8 Å². The van der Waals surface area contributed by atoms with E-state index in [0.29, 0.717) is 29.6 Å². The zero-order chi connectivity index (χ0) is 20.7. The first-order valence-electron chi connectivity index (χ1n) is 8.67. The number of rotatable bonds is 7. The predicted molar refractivity (Wildman–Crippen MR) is 114 cm³/mol. The molecule has 2 aromatic rings. The van der Waals surface area contributed by atoms with E-state index in [2.05, 4.69) is 42.7 Å². The Morgan fingerprint density at radius 3 is 2.46 bits per heavy atom. The van der Waals surface area contributed by atoms with Crippen LogP contribution in [0.3, 0.4) is 0 Å². The average molecular weight is 514 g/mol. The second-order valence-electron chi connectivity index (χ2n) is 6.53. The molecular formula is C20H22Br2N2O4. The van der Waals surface area contributed by atoms with E-state index in [1.165, 1.54) is 0 Å². The molecule has 0 aliphatic carbocycles. The van der Waals surface area contributed by atoms with Crippen LogP contribution in [0.2, 0.25) is 0 Å². The molecule has 2 rings (SSSR count). The van der Waals surface area contributed by atoms with Crippen molar-refractivity contribution in [3.05, 3.63) is 56.5 Å². The Labute approximate surface area is 181 Å². The van der Waals surface area contributed by atoms with Gasteiger partial charge in [-0.25, -0.2) is 0 Å². The molecule has 0 aliphatic rings. The number of carbonyl (C=O) groups excluding carboxylic acids is 2. The molecule has 0 fully saturated rings. The van der Waals surface area contributed by atoms with Crippen molar-refractivity contribution in [3.8, 4) is 11.5 Å². The Bertz CT molecular complexity index is 833. The molecule has 0 saturated heterocycles. The molecule has 8 heteroatoms. The zero-order valence-corrected chi connectivity index (χ0v) is 19.0. The van der Waals surface area contributed by atoms with Gasteiger partial charge in [-0.15, -0.1) is 0 Å². The van der Waals surface area contributed by atoms with E-state index in [1.54, 1.807) is 24.3 Å². The standard InChI is InChI=1S/C20H22Br2N2O4/c1-12(2)10-27-17-7-5-4-6-15(17)20(26)24-23-18(25)11-28-19-13(3)8-14(21)9-16(19)22/h4-9,12H,10-11H2,1-3H3,(H,23,25)(H,24,26). The number of nitrogens with one attached hydrogen (secondary N) is 2. The summed E-state index contributed by atoms with van der Waals surface area (Å²) < 4.78 is 12.8. The van der Waals surface area contributed by atoms with Crippen LogP contribution in [0.1, 0.15) is 29.8 Å². The van der Waals surface area contributed by atoms with Crippen LogP contribution in [0.4, 0.5) is 0 Å². The fourth-order valence-corrected chi connectivity index (χ4v) is 3.83. The van der Waals surface area contributed by atoms with E-state index in [0.717, 1.165) is 14.5 Å². The van der Waals surface area contributed by atoms with Gasteiger partial charge in [-0.1, -0.05) is 41.9 Å². The van der Waals surface area contributed by atoms with E-state index >= 15 is 0 Å². The summed E-state index contributed by atoms with van der Waals surface area (Å²) in [5, 5.41) is 0. The van der Waals surface area contributed by atoms with Crippen LogP contribution >= 0.6 is 31.9 Å². The highest BCUT2D eigenvalue weighted by atomic mass is 79.9. The zero-order valence-electron chi connectivity index (χ0n) is 15.8. The van der Waals surface area contributed by atoms with Crippen molar-refractivity contribution < 1.29 is 19.1 Å². The van der Waals surface area contributed by atoms with E-state index in [4.69, 9.17) is 9.47 Å². The summed E-state index contributed by atoms with van der Waals surface area (Å²) >= 11 is 6.80. The highest BCUT2D eigenvalue weighted by Crippen LogP contribution is 2.32. The SMILES string of the molecule is Cc1cc(Br)cc(Br)c1OCC(=O)NNC(=O)c1ccccc1OCC(C)C. The molecule has 0 spiro atoms. The molecule has 0 radical (unpaired) electrons. The monoisotopic (exact) mass is 512 g/mol. The number of hydrazine groups is 1. The molecule has 0 heterocycles. The minimum atomic E-state index is -0.483. The second kappa shape index (κ2) is 10.5. The molecule has 2 amide bonds. The summed E-state index contributed by atoms with van der Waals surface area (Å²) in [6.45, 7) is 6.17. The van der Waals surface area contributed by atoms with Crippen LogP contribution in [0, 0.1) is 12.8 Å². The van der Waals surface area contributed by atoms with Gasteiger partial charge >= 0.3 is 0 Å². The quantitative estimate of drug-likeness (QED) is 0.538. The first-order valence-corrected chi connectivity index (χ1v) is 10.3. The number of carbonyl (C=O) groups is 2. The summed E-state index contributed by atoms with van der Waals surface area (Å²) in [5.74, 6) is 0.414. The number of hydrogen-bond donors (Lipinski definition) is 2. The molecule has 2 N–H and O–H groups in total. The maximum atomic E-state index is 12.4. The number of para-hydroxylation sites is 1. The third-order valence-corrected chi connectivity index (χ3v) is 4.61. The molecule has 2 aromatic carbocycles. The van der Waals surface area contributed by atoms with Gasteiger partial charge < -0.3 is 9.47 Å². The number of benzene rings is 2. The third kappa shape index (κ3) is 6.53. The number of aryl methyl sites for hydroxylation is 1. The fraction of sp³-hybridized carbons (Fsp3) is 0.300. The maximum absolute atomic E-state index is 12.4. The lowest BCUT2D eigenvalue weighted by atomic mass is 10.2. The molecule has 28 heavy (non-hydrogen) atoms. The molecule has 0 saturated carbocycles. The summed E-state index contributed by atoms with van der Waals surface area (Å²) in [7, 11) is 0. The van der Waals surface area contributed by atoms with Gasteiger partial charge in [0.2, 0.25) is 0 Å². The van der Waals surface area contributed by atoms with Crippen molar-refractivity contribution in [2.75, 3.05) is 13.2 Å². The minimum Gasteiger partial charge on any atom is -0.492 e. The van der Waals surface area contributed by atoms with Crippen molar-refractivity contribution in [1.29, 1.82) is 0 Å². The Hall–Kier alpha value is -2.06. The van der Waals surface area contributed by atoms with E-state index in [9.17, 15) is 9.59 Å². The largest absolute Gasteiger partial charge is 0.492 e. The molecule has 0 bridgehead atoms. The lowest BCUT2D eigenvalue weighted by molar-refractivity contribution is -0.123. The Kier molecular flexibility index (Phi) is 8.32. The van der Waals surface area contributed by atoms with Gasteiger partial charge in [-0.05, 0) is 58.6 Å². The van der Waals surface area contributed by atoms with Gasteiger partial charge in [0, 0.05) is 4.47 Å². The number of ether oxygens (including phenoxy) is 2. The van der Waals surface area contributed by atoms with Gasteiger partial charge in [0.15, 0.2) is 6.61 Å². The molecule has 0 aromatic heterocycles. The summed E-state index contributed by atoms with van der Waals surface area (Å²) in [4.78, 5) is 24.4. The summed E-state index contributed by atoms with van der Waals surface area (Å²) in [6.07, 6.45) is 0. The Balaban J connectivity index is 1.90. The Morgan fingerprint density at radius 2 is 1.79 bits per heavy atom. The van der Waals surface area contributed by atoms with Gasteiger partial charge in [-0.2, -0.15) is 0 Å². The van der Waals surface area contributed by atoms with Crippen LogP contribution < -0.4 is 20.3 Å². The summed E-state index contributed by atoms with van der Waals surface area (Å²) in [6, 6.07) is 10.6. The van der Waals surface area contributed by atoms with Gasteiger partial charge in [0.25, 0.3) is 11.8 Å². The normalized spacial score (nSPS) is 10.5. The molecule has 150 valence electrons. The first kappa shape index (κ1) is 22.2. The maximum Gasteiger partial charge on any atom is 0.276 e. The first-order chi connectivity index (χ1) is 13.3. The number of hydrogen-bond acceptors (Lipinski definition) is 4. The number of halogens is 2. The third-order valence-electron chi connectivity index (χ3n) is 3.56. The van der Waals surface area contributed by atoms with Crippen molar-refractivity contribution in [3.63, 3.8) is 0 Å².